The Hall–Kier alpha value is -4.78. The van der Waals surface area contributed by atoms with E-state index in [1.807, 2.05) is 36.4 Å². The highest BCUT2D eigenvalue weighted by molar-refractivity contribution is 6.35. The lowest BCUT2D eigenvalue weighted by molar-refractivity contribution is 1.65. The van der Waals surface area contributed by atoms with E-state index in [-0.39, 0.29) is 0 Å². The number of rotatable bonds is 0. The van der Waals surface area contributed by atoms with E-state index in [1.54, 1.807) is 0 Å². The summed E-state index contributed by atoms with van der Waals surface area (Å²) >= 11 is 0. The summed E-state index contributed by atoms with van der Waals surface area (Å²) in [4.78, 5) is 0. The van der Waals surface area contributed by atoms with Crippen molar-refractivity contribution in [1.29, 1.82) is 0 Å². The van der Waals surface area contributed by atoms with Crippen LogP contribution in [0, 0.1) is 23.7 Å². The molecule has 0 aliphatic carbocycles. The Balaban J connectivity index is 1.50. The molecular weight excluding hydrogens is 408 g/mol. The van der Waals surface area contributed by atoms with E-state index in [4.69, 9.17) is 0 Å². The summed E-state index contributed by atoms with van der Waals surface area (Å²) in [7, 11) is 0. The van der Waals surface area contributed by atoms with Crippen LogP contribution in [0.1, 0.15) is 22.3 Å². The van der Waals surface area contributed by atoms with Crippen molar-refractivity contribution in [1.82, 2.24) is 0 Å². The number of hydrogen-bond donors (Lipinski definition) is 0. The van der Waals surface area contributed by atoms with Gasteiger partial charge in [-0.1, -0.05) is 96.5 Å². The number of hydrogen-bond acceptors (Lipinski definition) is 0. The first-order valence-corrected chi connectivity index (χ1v) is 11.5. The highest BCUT2D eigenvalue weighted by Crippen LogP contribution is 2.44. The van der Waals surface area contributed by atoms with Crippen molar-refractivity contribution in [2.75, 3.05) is 0 Å². The number of benzene rings is 5. The average Bonchev–Trinajstić information content (AvgIpc) is 3.46. The third kappa shape index (κ3) is 2.84. The Kier molecular flexibility index (Phi) is 4.07. The number of fused-ring (bicyclic) bond motifs is 2. The van der Waals surface area contributed by atoms with Crippen LogP contribution in [0.15, 0.2) is 109 Å². The second kappa shape index (κ2) is 7.38. The van der Waals surface area contributed by atoms with Crippen LogP contribution in [0.5, 0.6) is 0 Å². The van der Waals surface area contributed by atoms with Gasteiger partial charge >= 0.3 is 0 Å². The van der Waals surface area contributed by atoms with E-state index < -0.39 is 0 Å². The van der Waals surface area contributed by atoms with Gasteiger partial charge in [0.1, 0.15) is 0 Å². The summed E-state index contributed by atoms with van der Waals surface area (Å²) < 4.78 is 0. The molecule has 0 atom stereocenters. The first-order valence-electron chi connectivity index (χ1n) is 11.5. The maximum atomic E-state index is 3.44. The molecule has 7 rings (SSSR count). The quantitative estimate of drug-likeness (QED) is 0.170. The molecule has 0 radical (unpaired) electrons. The molecule has 0 aromatic heterocycles. The summed E-state index contributed by atoms with van der Waals surface area (Å²) in [5.74, 6) is 13.6. The molecule has 7 aromatic carbocycles. The van der Waals surface area contributed by atoms with Gasteiger partial charge in [-0.15, -0.1) is 0 Å². The van der Waals surface area contributed by atoms with Crippen LogP contribution in [0.25, 0.3) is 43.1 Å². The smallest absolute Gasteiger partial charge is 0.0334 e. The molecule has 0 unspecified atom stereocenters. The van der Waals surface area contributed by atoms with E-state index in [9.17, 15) is 0 Å². The lowest BCUT2D eigenvalue weighted by Gasteiger charge is -2.06. The topological polar surface area (TPSA) is 0 Å². The van der Waals surface area contributed by atoms with E-state index in [2.05, 4.69) is 96.5 Å². The molecule has 0 spiro atoms. The fourth-order valence-electron chi connectivity index (χ4n) is 5.12. The second-order valence-corrected chi connectivity index (χ2v) is 8.63. The van der Waals surface area contributed by atoms with Gasteiger partial charge in [0.25, 0.3) is 0 Å². The molecule has 0 aliphatic rings. The Labute approximate surface area is 198 Å². The van der Waals surface area contributed by atoms with Crippen LogP contribution < -0.4 is 0 Å². The van der Waals surface area contributed by atoms with E-state index in [1.165, 1.54) is 43.1 Å². The molecule has 34 heavy (non-hydrogen) atoms. The standard InChI is InChI=1S/C34H18/c1-3-9-23(10-4-1)17-19-25-21-31-29-16-8-14-28-26(20-18-24-11-5-2-6-12-24)22-32(34(28)29)30-15-7-13-27(25)33(30)31/h1-16,21-22H. The molecule has 0 bridgehead atoms. The lowest BCUT2D eigenvalue weighted by atomic mass is 9.97. The summed E-state index contributed by atoms with van der Waals surface area (Å²) in [5, 5.41) is 10.1. The molecule has 0 amide bonds. The molecule has 0 nitrogen and oxygen atoms in total. The zero-order valence-electron chi connectivity index (χ0n) is 18.4. The van der Waals surface area contributed by atoms with Crippen LogP contribution in [0.2, 0.25) is 0 Å². The zero-order valence-corrected chi connectivity index (χ0v) is 18.4. The maximum Gasteiger partial charge on any atom is 0.0334 e. The molecule has 0 heterocycles. The normalized spacial score (nSPS) is 11.1. The van der Waals surface area contributed by atoms with Crippen LogP contribution in [-0.2, 0) is 0 Å². The minimum absolute atomic E-state index is 1.03. The summed E-state index contributed by atoms with van der Waals surface area (Å²) in [6.45, 7) is 0. The van der Waals surface area contributed by atoms with Crippen LogP contribution >= 0.6 is 0 Å². The average molecular weight is 427 g/mol. The van der Waals surface area contributed by atoms with Gasteiger partial charge in [0.15, 0.2) is 0 Å². The molecular formula is C34H18. The van der Waals surface area contributed by atoms with Gasteiger partial charge in [-0.05, 0) is 79.5 Å². The van der Waals surface area contributed by atoms with Crippen molar-refractivity contribution in [2.24, 2.45) is 0 Å². The molecule has 0 N–H and O–H groups in total. The Morgan fingerprint density at radius 3 is 1.18 bits per heavy atom. The van der Waals surface area contributed by atoms with Gasteiger partial charge in [0.05, 0.1) is 0 Å². The van der Waals surface area contributed by atoms with Crippen molar-refractivity contribution >= 4 is 43.1 Å². The summed E-state index contributed by atoms with van der Waals surface area (Å²) in [6.07, 6.45) is 0. The minimum atomic E-state index is 1.03. The zero-order chi connectivity index (χ0) is 22.5. The Morgan fingerprint density at radius 1 is 0.324 bits per heavy atom. The monoisotopic (exact) mass is 426 g/mol. The molecule has 0 heteroatoms. The fourth-order valence-corrected chi connectivity index (χ4v) is 5.12. The highest BCUT2D eigenvalue weighted by Gasteiger charge is 2.18. The molecule has 0 aliphatic heterocycles. The summed E-state index contributed by atoms with van der Waals surface area (Å²) in [5.41, 5.74) is 4.24. The van der Waals surface area contributed by atoms with Crippen molar-refractivity contribution < 1.29 is 0 Å². The summed E-state index contributed by atoms with van der Waals surface area (Å²) in [6, 6.07) is 38.1. The predicted molar refractivity (Wildman–Crippen MR) is 144 cm³/mol. The van der Waals surface area contributed by atoms with Gasteiger partial charge in [-0.2, -0.15) is 0 Å². The van der Waals surface area contributed by atoms with Crippen LogP contribution in [0.4, 0.5) is 0 Å². The third-order valence-electron chi connectivity index (χ3n) is 6.64. The van der Waals surface area contributed by atoms with Gasteiger partial charge < -0.3 is 0 Å². The molecule has 0 fully saturated rings. The first kappa shape index (κ1) is 18.8. The minimum Gasteiger partial charge on any atom is -0.0622 e. The van der Waals surface area contributed by atoms with E-state index in [0.717, 1.165) is 22.3 Å². The molecule has 0 saturated carbocycles. The van der Waals surface area contributed by atoms with Gasteiger partial charge in [-0.25, -0.2) is 0 Å². The molecule has 154 valence electrons. The largest absolute Gasteiger partial charge is 0.0622 e. The molecule has 0 saturated heterocycles. The SMILES string of the molecule is C(#Cc1cc2c3cccc4c(C#Cc5ccccc5)cc(c5cccc1c52)c43)c1ccccc1. The van der Waals surface area contributed by atoms with E-state index >= 15 is 0 Å². The third-order valence-corrected chi connectivity index (χ3v) is 6.64. The highest BCUT2D eigenvalue weighted by atomic mass is 14.2. The Bertz CT molecular complexity index is 1790. The predicted octanol–water partition coefficient (Wildman–Crippen LogP) is 7.97. The molecule has 7 aromatic rings. The van der Waals surface area contributed by atoms with Crippen LogP contribution in [-0.4, -0.2) is 0 Å². The van der Waals surface area contributed by atoms with Gasteiger partial charge in [-0.3, -0.25) is 0 Å². The Morgan fingerprint density at radius 2 is 0.735 bits per heavy atom. The first-order chi connectivity index (χ1) is 16.9. The van der Waals surface area contributed by atoms with Crippen LogP contribution in [0.3, 0.4) is 0 Å². The van der Waals surface area contributed by atoms with Crippen molar-refractivity contribution in [2.45, 2.75) is 0 Å². The van der Waals surface area contributed by atoms with Crippen molar-refractivity contribution in [3.05, 3.63) is 131 Å². The fraction of sp³-hybridized carbons (Fsp3) is 0. The van der Waals surface area contributed by atoms with Crippen molar-refractivity contribution in [3.63, 3.8) is 0 Å². The maximum absolute atomic E-state index is 3.44. The van der Waals surface area contributed by atoms with Crippen molar-refractivity contribution in [3.8, 4) is 23.7 Å². The van der Waals surface area contributed by atoms with E-state index in [0.29, 0.717) is 0 Å². The lowest BCUT2D eigenvalue weighted by Crippen LogP contribution is -1.78. The van der Waals surface area contributed by atoms with Gasteiger partial charge in [0.2, 0.25) is 0 Å². The second-order valence-electron chi connectivity index (χ2n) is 8.63. The van der Waals surface area contributed by atoms with Gasteiger partial charge in [0, 0.05) is 22.3 Å².